The van der Waals surface area contributed by atoms with Gasteiger partial charge in [-0.2, -0.15) is 0 Å². The fourth-order valence-corrected chi connectivity index (χ4v) is 1.89. The number of ketones is 1. The van der Waals surface area contributed by atoms with Gasteiger partial charge in [0.1, 0.15) is 5.58 Å². The summed E-state index contributed by atoms with van der Waals surface area (Å²) in [6.45, 7) is 7.83. The molecule has 0 spiro atoms. The zero-order chi connectivity index (χ0) is 11.9. The highest BCUT2D eigenvalue weighted by atomic mass is 16.3. The summed E-state index contributed by atoms with van der Waals surface area (Å²) in [7, 11) is 0. The van der Waals surface area contributed by atoms with Crippen LogP contribution in [-0.4, -0.2) is 5.78 Å². The van der Waals surface area contributed by atoms with Crippen LogP contribution < -0.4 is 0 Å². The molecule has 0 unspecified atom stereocenters. The minimum atomic E-state index is -0.0260. The van der Waals surface area contributed by atoms with Crippen LogP contribution in [0.15, 0.2) is 22.6 Å². The molecule has 1 aromatic carbocycles. The van der Waals surface area contributed by atoms with Gasteiger partial charge in [0, 0.05) is 11.3 Å². The van der Waals surface area contributed by atoms with E-state index in [0.717, 1.165) is 22.1 Å². The zero-order valence-electron chi connectivity index (χ0n) is 10.1. The van der Waals surface area contributed by atoms with Crippen molar-refractivity contribution in [1.82, 2.24) is 0 Å². The molecule has 0 bridgehead atoms. The number of furan rings is 1. The summed E-state index contributed by atoms with van der Waals surface area (Å²) >= 11 is 0. The zero-order valence-corrected chi connectivity index (χ0v) is 10.1. The van der Waals surface area contributed by atoms with Crippen LogP contribution in [0, 0.1) is 19.8 Å². The number of carbonyl (C=O) groups excluding carboxylic acids is 1. The number of rotatable bonds is 2. The van der Waals surface area contributed by atoms with Crippen molar-refractivity contribution in [2.45, 2.75) is 27.7 Å². The maximum absolute atomic E-state index is 11.8. The Bertz CT molecular complexity index is 547. The molecule has 16 heavy (non-hydrogen) atoms. The Morgan fingerprint density at radius 3 is 2.50 bits per heavy atom. The maximum Gasteiger partial charge on any atom is 0.200 e. The van der Waals surface area contributed by atoms with Gasteiger partial charge >= 0.3 is 0 Å². The normalized spacial score (nSPS) is 11.3. The van der Waals surface area contributed by atoms with Gasteiger partial charge < -0.3 is 4.42 Å². The summed E-state index contributed by atoms with van der Waals surface area (Å²) in [6, 6.07) is 5.92. The molecule has 2 nitrogen and oxygen atoms in total. The SMILES string of the molecule is Cc1cc(C)c2cc(C(=O)C(C)C)oc2c1. The van der Waals surface area contributed by atoms with E-state index < -0.39 is 0 Å². The third-order valence-electron chi connectivity index (χ3n) is 2.76. The van der Waals surface area contributed by atoms with Crippen molar-refractivity contribution >= 4 is 16.8 Å². The van der Waals surface area contributed by atoms with Gasteiger partial charge in [-0.15, -0.1) is 0 Å². The second kappa shape index (κ2) is 3.78. The Labute approximate surface area is 95.3 Å². The average Bonchev–Trinajstić information content (AvgIpc) is 2.60. The Hall–Kier alpha value is -1.57. The Morgan fingerprint density at radius 2 is 1.88 bits per heavy atom. The van der Waals surface area contributed by atoms with Crippen molar-refractivity contribution in [2.75, 3.05) is 0 Å². The van der Waals surface area contributed by atoms with E-state index >= 15 is 0 Å². The van der Waals surface area contributed by atoms with Crippen molar-refractivity contribution < 1.29 is 9.21 Å². The lowest BCUT2D eigenvalue weighted by atomic mass is 10.1. The lowest BCUT2D eigenvalue weighted by Gasteiger charge is -1.98. The molecule has 1 aromatic heterocycles. The largest absolute Gasteiger partial charge is 0.453 e. The number of Topliss-reactive ketones (excluding diaryl/α,β-unsaturated/α-hetero) is 1. The highest BCUT2D eigenvalue weighted by molar-refractivity contribution is 5.99. The molecule has 0 aliphatic rings. The molecule has 2 aromatic rings. The van der Waals surface area contributed by atoms with Gasteiger partial charge in [-0.05, 0) is 37.1 Å². The van der Waals surface area contributed by atoms with Crippen LogP contribution in [0.4, 0.5) is 0 Å². The predicted octanol–water partition coefficient (Wildman–Crippen LogP) is 3.89. The van der Waals surface area contributed by atoms with Gasteiger partial charge in [-0.1, -0.05) is 19.9 Å². The van der Waals surface area contributed by atoms with Crippen LogP contribution in [-0.2, 0) is 0 Å². The lowest BCUT2D eigenvalue weighted by Crippen LogP contribution is -2.05. The number of hydrogen-bond donors (Lipinski definition) is 0. The highest BCUT2D eigenvalue weighted by Crippen LogP contribution is 2.25. The molecule has 84 valence electrons. The molecular formula is C14H16O2. The van der Waals surface area contributed by atoms with Gasteiger partial charge in [0.05, 0.1) is 0 Å². The summed E-state index contributed by atoms with van der Waals surface area (Å²) in [5.74, 6) is 0.508. The van der Waals surface area contributed by atoms with Gasteiger partial charge in [-0.3, -0.25) is 4.79 Å². The quantitative estimate of drug-likeness (QED) is 0.713. The van der Waals surface area contributed by atoms with Crippen molar-refractivity contribution in [3.05, 3.63) is 35.1 Å². The molecule has 0 aliphatic carbocycles. The molecule has 0 saturated heterocycles. The van der Waals surface area contributed by atoms with Crippen LogP contribution in [0.2, 0.25) is 0 Å². The van der Waals surface area contributed by atoms with Gasteiger partial charge in [0.15, 0.2) is 5.76 Å². The van der Waals surface area contributed by atoms with E-state index in [1.54, 1.807) is 0 Å². The summed E-state index contributed by atoms with van der Waals surface area (Å²) in [4.78, 5) is 11.8. The number of benzene rings is 1. The smallest absolute Gasteiger partial charge is 0.200 e. The molecule has 0 amide bonds. The summed E-state index contributed by atoms with van der Waals surface area (Å²) in [6.07, 6.45) is 0. The first-order chi connectivity index (χ1) is 7.49. The van der Waals surface area contributed by atoms with Crippen molar-refractivity contribution in [1.29, 1.82) is 0 Å². The van der Waals surface area contributed by atoms with Crippen LogP contribution in [0.25, 0.3) is 11.0 Å². The third-order valence-corrected chi connectivity index (χ3v) is 2.76. The Morgan fingerprint density at radius 1 is 1.19 bits per heavy atom. The van der Waals surface area contributed by atoms with Crippen molar-refractivity contribution in [3.8, 4) is 0 Å². The monoisotopic (exact) mass is 216 g/mol. The summed E-state index contributed by atoms with van der Waals surface area (Å²) in [5, 5.41) is 1.04. The fraction of sp³-hybridized carbons (Fsp3) is 0.357. The maximum atomic E-state index is 11.8. The molecular weight excluding hydrogens is 200 g/mol. The molecule has 0 radical (unpaired) electrons. The molecule has 2 rings (SSSR count). The summed E-state index contributed by atoms with van der Waals surface area (Å²) < 4.78 is 5.60. The number of aryl methyl sites for hydroxylation is 2. The van der Waals surface area contributed by atoms with Crippen molar-refractivity contribution in [3.63, 3.8) is 0 Å². The van der Waals surface area contributed by atoms with Crippen molar-refractivity contribution in [2.24, 2.45) is 5.92 Å². The standard InChI is InChI=1S/C14H16O2/c1-8(2)14(15)13-7-11-10(4)5-9(3)6-12(11)16-13/h5-8H,1-4H3. The van der Waals surface area contributed by atoms with Crippen LogP contribution in [0.5, 0.6) is 0 Å². The average molecular weight is 216 g/mol. The molecule has 0 fully saturated rings. The van der Waals surface area contributed by atoms with E-state index in [1.165, 1.54) is 0 Å². The van der Waals surface area contributed by atoms with E-state index in [9.17, 15) is 4.79 Å². The topological polar surface area (TPSA) is 30.2 Å². The Balaban J connectivity index is 2.60. The van der Waals surface area contributed by atoms with E-state index in [1.807, 2.05) is 39.8 Å². The van der Waals surface area contributed by atoms with Gasteiger partial charge in [0.2, 0.25) is 5.78 Å². The first kappa shape index (κ1) is 10.9. The van der Waals surface area contributed by atoms with Gasteiger partial charge in [-0.25, -0.2) is 0 Å². The van der Waals surface area contributed by atoms with E-state index in [2.05, 4.69) is 6.07 Å². The number of hydrogen-bond acceptors (Lipinski definition) is 2. The minimum Gasteiger partial charge on any atom is -0.453 e. The molecule has 0 saturated carbocycles. The lowest BCUT2D eigenvalue weighted by molar-refractivity contribution is 0.0913. The molecule has 0 N–H and O–H groups in total. The third kappa shape index (κ3) is 1.75. The second-order valence-corrected chi connectivity index (χ2v) is 4.62. The van der Waals surface area contributed by atoms with Crippen LogP contribution in [0.1, 0.15) is 35.5 Å². The van der Waals surface area contributed by atoms with E-state index in [4.69, 9.17) is 4.42 Å². The number of fused-ring (bicyclic) bond motifs is 1. The highest BCUT2D eigenvalue weighted by Gasteiger charge is 2.16. The van der Waals surface area contributed by atoms with Crippen LogP contribution >= 0.6 is 0 Å². The summed E-state index contributed by atoms with van der Waals surface area (Å²) in [5.41, 5.74) is 3.12. The van der Waals surface area contributed by atoms with Gasteiger partial charge in [0.25, 0.3) is 0 Å². The first-order valence-electron chi connectivity index (χ1n) is 5.54. The Kier molecular flexibility index (Phi) is 2.58. The molecule has 0 aliphatic heterocycles. The number of carbonyl (C=O) groups is 1. The predicted molar refractivity (Wildman–Crippen MR) is 64.9 cm³/mol. The molecule has 1 heterocycles. The van der Waals surface area contributed by atoms with E-state index in [-0.39, 0.29) is 11.7 Å². The first-order valence-corrected chi connectivity index (χ1v) is 5.54. The van der Waals surface area contributed by atoms with E-state index in [0.29, 0.717) is 5.76 Å². The molecule has 0 atom stereocenters. The minimum absolute atomic E-state index is 0.0260. The fourth-order valence-electron chi connectivity index (χ4n) is 1.89. The second-order valence-electron chi connectivity index (χ2n) is 4.62. The van der Waals surface area contributed by atoms with Crippen LogP contribution in [0.3, 0.4) is 0 Å². The molecule has 2 heteroatoms.